The van der Waals surface area contributed by atoms with Crippen LogP contribution in [0, 0.1) is 13.8 Å². The summed E-state index contributed by atoms with van der Waals surface area (Å²) in [6.45, 7) is 3.91. The Bertz CT molecular complexity index is 993. The van der Waals surface area contributed by atoms with E-state index in [0.717, 1.165) is 17.0 Å². The minimum Gasteiger partial charge on any atom is -0.387 e. The van der Waals surface area contributed by atoms with Gasteiger partial charge >= 0.3 is 0 Å². The predicted molar refractivity (Wildman–Crippen MR) is 102 cm³/mol. The molecule has 1 atom stereocenters. The van der Waals surface area contributed by atoms with Gasteiger partial charge in [0.15, 0.2) is 11.9 Å². The second kappa shape index (κ2) is 7.03. The molecule has 1 aliphatic heterocycles. The molecule has 3 heterocycles. The number of carbonyl (C=O) groups is 1. The number of hydrogen-bond acceptors (Lipinski definition) is 5. The fraction of sp³-hybridized carbons (Fsp3) is 0.200. The summed E-state index contributed by atoms with van der Waals surface area (Å²) in [6, 6.07) is 15.3. The lowest BCUT2D eigenvalue weighted by molar-refractivity contribution is -0.110. The number of rotatable bonds is 4. The number of hydrogen-bond donors (Lipinski definition) is 1. The quantitative estimate of drug-likeness (QED) is 0.773. The van der Waals surface area contributed by atoms with Gasteiger partial charge in [0.2, 0.25) is 0 Å². The monoisotopic (exact) mass is 361 g/mol. The third-order valence-corrected chi connectivity index (χ3v) is 4.33. The molecule has 7 heteroatoms. The number of aromatic nitrogens is 3. The molecule has 27 heavy (non-hydrogen) atoms. The molecule has 136 valence electrons. The normalized spacial score (nSPS) is 15.9. The van der Waals surface area contributed by atoms with Crippen molar-refractivity contribution in [2.45, 2.75) is 26.4 Å². The van der Waals surface area contributed by atoms with Crippen molar-refractivity contribution in [3.8, 4) is 5.82 Å². The van der Waals surface area contributed by atoms with E-state index in [9.17, 15) is 4.79 Å². The summed E-state index contributed by atoms with van der Waals surface area (Å²) in [5.74, 6) is 0.415. The van der Waals surface area contributed by atoms with Gasteiger partial charge in [-0.2, -0.15) is 5.10 Å². The van der Waals surface area contributed by atoms with Crippen LogP contribution in [0.4, 0.5) is 5.69 Å². The van der Waals surface area contributed by atoms with Crippen LogP contribution in [0.25, 0.3) is 5.82 Å². The Morgan fingerprint density at radius 3 is 2.67 bits per heavy atom. The van der Waals surface area contributed by atoms with Gasteiger partial charge < -0.3 is 10.2 Å². The van der Waals surface area contributed by atoms with Crippen molar-refractivity contribution in [3.63, 3.8) is 0 Å². The van der Waals surface area contributed by atoms with Gasteiger partial charge in [0, 0.05) is 12.1 Å². The van der Waals surface area contributed by atoms with Gasteiger partial charge in [-0.3, -0.25) is 4.79 Å². The molecule has 0 aliphatic carbocycles. The fourth-order valence-corrected chi connectivity index (χ4v) is 3.01. The van der Waals surface area contributed by atoms with E-state index in [1.807, 2.05) is 56.3 Å². The number of nitrogens with one attached hydrogen (secondary N) is 1. The first-order chi connectivity index (χ1) is 13.1. The predicted octanol–water partition coefficient (Wildman–Crippen LogP) is 3.34. The highest BCUT2D eigenvalue weighted by Crippen LogP contribution is 2.27. The van der Waals surface area contributed by atoms with Gasteiger partial charge in [0.25, 0.3) is 5.91 Å². The molecule has 0 saturated carbocycles. The van der Waals surface area contributed by atoms with Crippen LogP contribution in [0.3, 0.4) is 0 Å². The highest BCUT2D eigenvalue weighted by atomic mass is 16.6. The topological polar surface area (TPSA) is 81.4 Å². The maximum absolute atomic E-state index is 12.4. The second-order valence-corrected chi connectivity index (χ2v) is 6.44. The zero-order valence-corrected chi connectivity index (χ0v) is 15.1. The first-order valence-electron chi connectivity index (χ1n) is 8.69. The Labute approximate surface area is 156 Å². The Morgan fingerprint density at radius 2 is 2.00 bits per heavy atom. The first-order valence-corrected chi connectivity index (χ1v) is 8.69. The van der Waals surface area contributed by atoms with Crippen molar-refractivity contribution in [2.75, 3.05) is 5.32 Å². The maximum atomic E-state index is 12.4. The van der Waals surface area contributed by atoms with Crippen LogP contribution in [0.1, 0.15) is 29.5 Å². The Kier molecular flexibility index (Phi) is 4.42. The van der Waals surface area contributed by atoms with Crippen LogP contribution in [0.5, 0.6) is 0 Å². The molecule has 1 N–H and O–H groups in total. The van der Waals surface area contributed by atoms with Crippen molar-refractivity contribution in [2.24, 2.45) is 5.16 Å². The highest BCUT2D eigenvalue weighted by Gasteiger charge is 2.27. The summed E-state index contributed by atoms with van der Waals surface area (Å²) in [7, 11) is 0. The molecule has 1 aliphatic rings. The van der Waals surface area contributed by atoms with E-state index >= 15 is 0 Å². The lowest BCUT2D eigenvalue weighted by Crippen LogP contribution is -2.22. The zero-order chi connectivity index (χ0) is 18.8. The summed E-state index contributed by atoms with van der Waals surface area (Å²) in [6.07, 6.45) is 1.82. The smallest absolute Gasteiger partial charge is 0.273 e. The van der Waals surface area contributed by atoms with E-state index < -0.39 is 0 Å². The molecule has 0 bridgehead atoms. The van der Waals surface area contributed by atoms with Gasteiger partial charge in [-0.1, -0.05) is 35.5 Å². The van der Waals surface area contributed by atoms with Gasteiger partial charge in [-0.15, -0.1) is 0 Å². The lowest BCUT2D eigenvalue weighted by atomic mass is 10.0. The van der Waals surface area contributed by atoms with Crippen molar-refractivity contribution in [3.05, 3.63) is 71.7 Å². The highest BCUT2D eigenvalue weighted by molar-refractivity contribution is 6.43. The molecule has 3 aromatic rings. The number of anilines is 1. The van der Waals surface area contributed by atoms with Crippen LogP contribution < -0.4 is 5.32 Å². The fourth-order valence-electron chi connectivity index (χ4n) is 3.01. The Morgan fingerprint density at radius 1 is 1.19 bits per heavy atom. The zero-order valence-electron chi connectivity index (χ0n) is 15.1. The summed E-state index contributed by atoms with van der Waals surface area (Å²) in [5, 5.41) is 11.2. The van der Waals surface area contributed by atoms with Crippen LogP contribution in [-0.4, -0.2) is 26.4 Å². The molecule has 0 saturated heterocycles. The number of pyridine rings is 1. The van der Waals surface area contributed by atoms with E-state index in [0.29, 0.717) is 23.6 Å². The summed E-state index contributed by atoms with van der Waals surface area (Å²) in [5.41, 5.74) is 3.89. The third kappa shape index (κ3) is 3.57. The van der Waals surface area contributed by atoms with Gasteiger partial charge in [-0.25, -0.2) is 9.67 Å². The van der Waals surface area contributed by atoms with Crippen molar-refractivity contribution >= 4 is 17.3 Å². The van der Waals surface area contributed by atoms with Crippen molar-refractivity contribution in [1.82, 2.24) is 14.8 Å². The number of aryl methyl sites for hydroxylation is 2. The van der Waals surface area contributed by atoms with E-state index in [2.05, 4.69) is 20.6 Å². The molecule has 0 fully saturated rings. The Hall–Kier alpha value is -3.48. The standard InChI is InChI=1S/C20H19N5O2/c1-13-10-14(2)25(23-13)19-9-8-16(12-21-19)22-20(26)17-11-18(27-24-17)15-6-4-3-5-7-15/h3-10,12,18H,11H2,1-2H3,(H,22,26). The van der Waals surface area contributed by atoms with E-state index in [-0.39, 0.29) is 12.0 Å². The number of carbonyl (C=O) groups excluding carboxylic acids is 1. The summed E-state index contributed by atoms with van der Waals surface area (Å²) in [4.78, 5) is 22.2. The number of oxime groups is 1. The maximum Gasteiger partial charge on any atom is 0.273 e. The molecule has 1 unspecified atom stereocenters. The van der Waals surface area contributed by atoms with Crippen molar-refractivity contribution in [1.29, 1.82) is 0 Å². The third-order valence-electron chi connectivity index (χ3n) is 4.33. The van der Waals surface area contributed by atoms with E-state index in [4.69, 9.17) is 4.84 Å². The molecule has 7 nitrogen and oxygen atoms in total. The van der Waals surface area contributed by atoms with Crippen LogP contribution in [0.15, 0.2) is 59.9 Å². The van der Waals surface area contributed by atoms with E-state index in [1.165, 1.54) is 0 Å². The second-order valence-electron chi connectivity index (χ2n) is 6.44. The van der Waals surface area contributed by atoms with Crippen molar-refractivity contribution < 1.29 is 9.63 Å². The van der Waals surface area contributed by atoms with Gasteiger partial charge in [0.05, 0.1) is 17.6 Å². The Balaban J connectivity index is 1.41. The van der Waals surface area contributed by atoms with Crippen LogP contribution >= 0.6 is 0 Å². The first kappa shape index (κ1) is 17.0. The van der Waals surface area contributed by atoms with E-state index in [1.54, 1.807) is 16.9 Å². The molecular weight excluding hydrogens is 342 g/mol. The average molecular weight is 361 g/mol. The minimum absolute atomic E-state index is 0.224. The average Bonchev–Trinajstić information content (AvgIpc) is 3.30. The summed E-state index contributed by atoms with van der Waals surface area (Å²) < 4.78 is 1.76. The number of benzene rings is 1. The largest absolute Gasteiger partial charge is 0.387 e. The number of amides is 1. The van der Waals surface area contributed by atoms with Crippen LogP contribution in [0.2, 0.25) is 0 Å². The molecular formula is C20H19N5O2. The van der Waals surface area contributed by atoms with Gasteiger partial charge in [0.1, 0.15) is 5.71 Å². The van der Waals surface area contributed by atoms with Gasteiger partial charge in [-0.05, 0) is 37.6 Å². The van der Waals surface area contributed by atoms with Crippen LogP contribution in [-0.2, 0) is 9.63 Å². The number of nitrogens with zero attached hydrogens (tertiary/aromatic N) is 4. The molecule has 0 radical (unpaired) electrons. The lowest BCUT2D eigenvalue weighted by Gasteiger charge is -2.08. The molecule has 2 aromatic heterocycles. The molecule has 4 rings (SSSR count). The SMILES string of the molecule is Cc1cc(C)n(-c2ccc(NC(=O)C3=NOC(c4ccccc4)C3)cn2)n1. The molecule has 1 aromatic carbocycles. The minimum atomic E-state index is -0.283. The summed E-state index contributed by atoms with van der Waals surface area (Å²) >= 11 is 0. The molecule has 0 spiro atoms. The molecule has 1 amide bonds.